The molecule has 0 radical (unpaired) electrons. The summed E-state index contributed by atoms with van der Waals surface area (Å²) in [5.74, 6) is -0.109. The number of hydrogen-bond acceptors (Lipinski definition) is 2. The quantitative estimate of drug-likeness (QED) is 0.934. The molecule has 3 rings (SSSR count). The SMILES string of the molecule is CCCn1c(C2CC2C(=O)O)nc2cccc(Cl)c21. The molecule has 0 bridgehead atoms. The second-order valence-corrected chi connectivity index (χ2v) is 5.42. The lowest BCUT2D eigenvalue weighted by Gasteiger charge is -2.07. The summed E-state index contributed by atoms with van der Waals surface area (Å²) in [4.78, 5) is 15.6. The van der Waals surface area contributed by atoms with Gasteiger partial charge in [0.25, 0.3) is 0 Å². The summed E-state index contributed by atoms with van der Waals surface area (Å²) in [6.07, 6.45) is 1.65. The number of rotatable bonds is 4. The number of nitrogens with zero attached hydrogens (tertiary/aromatic N) is 2. The molecule has 1 fully saturated rings. The normalized spacial score (nSPS) is 21.8. The fourth-order valence-corrected chi connectivity index (χ4v) is 2.92. The second kappa shape index (κ2) is 4.53. The Morgan fingerprint density at radius 3 is 3.00 bits per heavy atom. The molecule has 1 aromatic carbocycles. The molecule has 0 spiro atoms. The molecule has 0 amide bonds. The molecule has 0 saturated heterocycles. The van der Waals surface area contributed by atoms with Gasteiger partial charge in [-0.2, -0.15) is 0 Å². The standard InChI is InChI=1S/C14H15ClN2O2/c1-2-6-17-12-10(15)4-3-5-11(12)16-13(17)8-7-9(8)14(18)19/h3-5,8-9H,2,6-7H2,1H3,(H,18,19). The van der Waals surface area contributed by atoms with Crippen molar-refractivity contribution in [1.29, 1.82) is 0 Å². The summed E-state index contributed by atoms with van der Waals surface area (Å²) in [7, 11) is 0. The average molecular weight is 279 g/mol. The minimum Gasteiger partial charge on any atom is -0.481 e. The third kappa shape index (κ3) is 2.00. The van der Waals surface area contributed by atoms with E-state index in [0.717, 1.165) is 29.8 Å². The van der Waals surface area contributed by atoms with E-state index in [2.05, 4.69) is 16.5 Å². The molecule has 100 valence electrons. The Bertz CT molecular complexity index is 650. The largest absolute Gasteiger partial charge is 0.481 e. The Morgan fingerprint density at radius 1 is 1.58 bits per heavy atom. The van der Waals surface area contributed by atoms with Crippen LogP contribution in [0.5, 0.6) is 0 Å². The zero-order valence-corrected chi connectivity index (χ0v) is 11.4. The van der Waals surface area contributed by atoms with Crippen molar-refractivity contribution in [2.24, 2.45) is 5.92 Å². The minimum absolute atomic E-state index is 0.0347. The van der Waals surface area contributed by atoms with Crippen molar-refractivity contribution in [2.45, 2.75) is 32.2 Å². The molecule has 1 aliphatic carbocycles. The van der Waals surface area contributed by atoms with E-state index in [-0.39, 0.29) is 11.8 Å². The summed E-state index contributed by atoms with van der Waals surface area (Å²) in [5.41, 5.74) is 1.78. The van der Waals surface area contributed by atoms with Crippen LogP contribution in [0, 0.1) is 5.92 Å². The van der Waals surface area contributed by atoms with Crippen LogP contribution in [0.3, 0.4) is 0 Å². The van der Waals surface area contributed by atoms with Crippen LogP contribution in [-0.2, 0) is 11.3 Å². The summed E-state index contributed by atoms with van der Waals surface area (Å²) < 4.78 is 2.09. The predicted octanol–water partition coefficient (Wildman–Crippen LogP) is 3.29. The van der Waals surface area contributed by atoms with Crippen LogP contribution >= 0.6 is 11.6 Å². The van der Waals surface area contributed by atoms with E-state index in [0.29, 0.717) is 11.4 Å². The highest BCUT2D eigenvalue weighted by Gasteiger charge is 2.47. The topological polar surface area (TPSA) is 55.1 Å². The van der Waals surface area contributed by atoms with Crippen molar-refractivity contribution < 1.29 is 9.90 Å². The predicted molar refractivity (Wildman–Crippen MR) is 73.5 cm³/mol. The number of aryl methyl sites for hydroxylation is 1. The molecular weight excluding hydrogens is 264 g/mol. The van der Waals surface area contributed by atoms with E-state index in [9.17, 15) is 4.79 Å². The van der Waals surface area contributed by atoms with Crippen molar-refractivity contribution in [3.05, 3.63) is 29.0 Å². The first-order valence-corrected chi connectivity index (χ1v) is 6.88. The molecule has 2 aromatic rings. The van der Waals surface area contributed by atoms with Crippen molar-refractivity contribution >= 4 is 28.6 Å². The maximum atomic E-state index is 11.0. The van der Waals surface area contributed by atoms with Gasteiger partial charge in [-0.05, 0) is 25.0 Å². The highest BCUT2D eigenvalue weighted by atomic mass is 35.5. The van der Waals surface area contributed by atoms with Gasteiger partial charge in [0.15, 0.2) is 0 Å². The fourth-order valence-electron chi connectivity index (χ4n) is 2.65. The van der Waals surface area contributed by atoms with Gasteiger partial charge in [-0.25, -0.2) is 4.98 Å². The Labute approximate surface area is 116 Å². The summed E-state index contributed by atoms with van der Waals surface area (Å²) in [6, 6.07) is 5.65. The van der Waals surface area contributed by atoms with Gasteiger partial charge in [-0.3, -0.25) is 4.79 Å². The fraction of sp³-hybridized carbons (Fsp3) is 0.429. The smallest absolute Gasteiger partial charge is 0.307 e. The molecule has 1 aliphatic rings. The number of fused-ring (bicyclic) bond motifs is 1. The number of benzene rings is 1. The lowest BCUT2D eigenvalue weighted by Crippen LogP contribution is -2.06. The van der Waals surface area contributed by atoms with Crippen LogP contribution in [0.1, 0.15) is 31.5 Å². The number of carboxylic acid groups (broad SMARTS) is 1. The lowest BCUT2D eigenvalue weighted by molar-refractivity contribution is -0.138. The molecule has 2 unspecified atom stereocenters. The molecule has 1 N–H and O–H groups in total. The maximum Gasteiger partial charge on any atom is 0.307 e. The third-order valence-corrected chi connectivity index (χ3v) is 3.94. The van der Waals surface area contributed by atoms with E-state index < -0.39 is 5.97 Å². The molecule has 19 heavy (non-hydrogen) atoms. The number of hydrogen-bond donors (Lipinski definition) is 1. The van der Waals surface area contributed by atoms with Crippen LogP contribution < -0.4 is 0 Å². The second-order valence-electron chi connectivity index (χ2n) is 5.02. The highest BCUT2D eigenvalue weighted by molar-refractivity contribution is 6.35. The van der Waals surface area contributed by atoms with Crippen LogP contribution in [0.25, 0.3) is 11.0 Å². The monoisotopic (exact) mass is 278 g/mol. The van der Waals surface area contributed by atoms with Gasteiger partial charge in [-0.15, -0.1) is 0 Å². The molecular formula is C14H15ClN2O2. The van der Waals surface area contributed by atoms with Gasteiger partial charge in [-0.1, -0.05) is 24.6 Å². The summed E-state index contributed by atoms with van der Waals surface area (Å²) in [6.45, 7) is 2.91. The molecule has 2 atom stereocenters. The van der Waals surface area contributed by atoms with Crippen molar-refractivity contribution in [3.8, 4) is 0 Å². The number of carboxylic acids is 1. The van der Waals surface area contributed by atoms with Gasteiger partial charge >= 0.3 is 5.97 Å². The van der Waals surface area contributed by atoms with Gasteiger partial charge in [0.2, 0.25) is 0 Å². The summed E-state index contributed by atoms with van der Waals surface area (Å²) >= 11 is 6.26. The number of para-hydroxylation sites is 1. The molecule has 1 aromatic heterocycles. The van der Waals surface area contributed by atoms with Gasteiger partial charge in [0, 0.05) is 12.5 Å². The van der Waals surface area contributed by atoms with Crippen LogP contribution in [0.15, 0.2) is 18.2 Å². The van der Waals surface area contributed by atoms with Crippen molar-refractivity contribution in [3.63, 3.8) is 0 Å². The lowest BCUT2D eigenvalue weighted by atomic mass is 10.3. The first-order chi connectivity index (χ1) is 9.13. The minimum atomic E-state index is -0.730. The van der Waals surface area contributed by atoms with E-state index in [1.165, 1.54) is 0 Å². The Balaban J connectivity index is 2.11. The van der Waals surface area contributed by atoms with E-state index in [1.807, 2.05) is 18.2 Å². The molecule has 4 nitrogen and oxygen atoms in total. The zero-order valence-electron chi connectivity index (χ0n) is 10.6. The van der Waals surface area contributed by atoms with Crippen LogP contribution in [0.2, 0.25) is 5.02 Å². The molecule has 1 heterocycles. The number of carbonyl (C=O) groups is 1. The van der Waals surface area contributed by atoms with Gasteiger partial charge in [0.1, 0.15) is 5.82 Å². The van der Waals surface area contributed by atoms with Crippen LogP contribution in [-0.4, -0.2) is 20.6 Å². The molecule has 5 heteroatoms. The number of imidazole rings is 1. The van der Waals surface area contributed by atoms with Crippen molar-refractivity contribution in [1.82, 2.24) is 9.55 Å². The Hall–Kier alpha value is -1.55. The van der Waals surface area contributed by atoms with Gasteiger partial charge < -0.3 is 9.67 Å². The van der Waals surface area contributed by atoms with E-state index in [1.54, 1.807) is 0 Å². The summed E-state index contributed by atoms with van der Waals surface area (Å²) in [5, 5.41) is 9.75. The number of aliphatic carboxylic acids is 1. The Morgan fingerprint density at radius 2 is 2.37 bits per heavy atom. The Kier molecular flexibility index (Phi) is 2.97. The number of halogens is 1. The van der Waals surface area contributed by atoms with Gasteiger partial charge in [0.05, 0.1) is 22.0 Å². The van der Waals surface area contributed by atoms with E-state index >= 15 is 0 Å². The zero-order chi connectivity index (χ0) is 13.6. The van der Waals surface area contributed by atoms with Crippen LogP contribution in [0.4, 0.5) is 0 Å². The van der Waals surface area contributed by atoms with Crippen molar-refractivity contribution in [2.75, 3.05) is 0 Å². The first-order valence-electron chi connectivity index (χ1n) is 6.51. The molecule has 1 saturated carbocycles. The maximum absolute atomic E-state index is 11.0. The average Bonchev–Trinajstić information content (AvgIpc) is 3.08. The first kappa shape index (κ1) is 12.5. The van der Waals surface area contributed by atoms with E-state index in [4.69, 9.17) is 16.7 Å². The molecule has 0 aliphatic heterocycles. The number of aromatic nitrogens is 2. The third-order valence-electron chi connectivity index (χ3n) is 3.63. The highest BCUT2D eigenvalue weighted by Crippen LogP contribution is 2.48.